The Labute approximate surface area is 131 Å². The Kier molecular flexibility index (Phi) is 6.14. The minimum absolute atomic E-state index is 0.00698. The number of hydrogen-bond acceptors (Lipinski definition) is 2. The van der Waals surface area contributed by atoms with Crippen molar-refractivity contribution in [3.63, 3.8) is 0 Å². The van der Waals surface area contributed by atoms with Gasteiger partial charge in [0.15, 0.2) is 0 Å². The molecule has 0 aromatic rings. The van der Waals surface area contributed by atoms with Crippen LogP contribution >= 0.6 is 0 Å². The van der Waals surface area contributed by atoms with Crippen molar-refractivity contribution < 1.29 is 5.11 Å². The minimum atomic E-state index is -0.488. The van der Waals surface area contributed by atoms with Gasteiger partial charge in [-0.1, -0.05) is 58.8 Å². The summed E-state index contributed by atoms with van der Waals surface area (Å²) in [6.07, 6.45) is 14.5. The van der Waals surface area contributed by atoms with Gasteiger partial charge in [-0.2, -0.15) is 0 Å². The van der Waals surface area contributed by atoms with Crippen LogP contribution in [0.3, 0.4) is 0 Å². The molecule has 21 heavy (non-hydrogen) atoms. The first-order valence-corrected chi connectivity index (χ1v) is 9.51. The molecule has 2 aliphatic carbocycles. The summed E-state index contributed by atoms with van der Waals surface area (Å²) in [5, 5.41) is 11.5. The van der Waals surface area contributed by atoms with Crippen molar-refractivity contribution in [2.45, 2.75) is 96.5 Å². The maximum absolute atomic E-state index is 11.5. The molecule has 4 unspecified atom stereocenters. The van der Waals surface area contributed by atoms with E-state index in [2.05, 4.69) is 13.8 Å². The summed E-state index contributed by atoms with van der Waals surface area (Å²) in [6, 6.07) is 0. The lowest BCUT2D eigenvalue weighted by molar-refractivity contribution is -0.119. The molecule has 0 radical (unpaired) electrons. The predicted molar refractivity (Wildman–Crippen MR) is 90.2 cm³/mol. The Balaban J connectivity index is 2.11. The third-order valence-electron chi connectivity index (χ3n) is 6.77. The van der Waals surface area contributed by atoms with Crippen LogP contribution in [0.4, 0.5) is 0 Å². The molecule has 2 heteroatoms. The molecule has 4 atom stereocenters. The highest BCUT2D eigenvalue weighted by Crippen LogP contribution is 2.52. The molecule has 0 amide bonds. The molecule has 0 saturated heterocycles. The molecule has 124 valence electrons. The van der Waals surface area contributed by atoms with Gasteiger partial charge in [-0.3, -0.25) is 0 Å². The molecule has 0 spiro atoms. The first kappa shape index (κ1) is 17.3. The van der Waals surface area contributed by atoms with Gasteiger partial charge in [-0.15, -0.1) is 0 Å². The summed E-state index contributed by atoms with van der Waals surface area (Å²) in [5.74, 6) is 1.62. The topological polar surface area (TPSA) is 46.2 Å². The molecule has 3 N–H and O–H groups in total. The van der Waals surface area contributed by atoms with Gasteiger partial charge in [0.05, 0.1) is 5.60 Å². The van der Waals surface area contributed by atoms with Gasteiger partial charge in [0, 0.05) is 12.0 Å². The van der Waals surface area contributed by atoms with E-state index < -0.39 is 5.60 Å². The lowest BCUT2D eigenvalue weighted by Crippen LogP contribution is -2.54. The van der Waals surface area contributed by atoms with E-state index >= 15 is 0 Å². The van der Waals surface area contributed by atoms with E-state index in [1.54, 1.807) is 0 Å². The van der Waals surface area contributed by atoms with Crippen LogP contribution < -0.4 is 5.73 Å². The summed E-state index contributed by atoms with van der Waals surface area (Å²) < 4.78 is 0. The summed E-state index contributed by atoms with van der Waals surface area (Å²) >= 11 is 0. The molecule has 0 heterocycles. The van der Waals surface area contributed by atoms with Crippen molar-refractivity contribution in [2.24, 2.45) is 23.0 Å². The highest BCUT2D eigenvalue weighted by atomic mass is 16.3. The zero-order chi connectivity index (χ0) is 15.3. The Morgan fingerprint density at radius 2 is 1.71 bits per heavy atom. The van der Waals surface area contributed by atoms with Crippen LogP contribution in [0.1, 0.15) is 90.9 Å². The highest BCUT2D eigenvalue weighted by molar-refractivity contribution is 5.03. The monoisotopic (exact) mass is 295 g/mol. The third kappa shape index (κ3) is 3.64. The number of rotatable bonds is 5. The van der Waals surface area contributed by atoms with Crippen molar-refractivity contribution in [2.75, 3.05) is 6.54 Å². The molecule has 0 aromatic carbocycles. The highest BCUT2D eigenvalue weighted by Gasteiger charge is 2.51. The first-order valence-electron chi connectivity index (χ1n) is 9.51. The van der Waals surface area contributed by atoms with Crippen LogP contribution in [0.25, 0.3) is 0 Å². The fourth-order valence-electron chi connectivity index (χ4n) is 5.26. The Hall–Kier alpha value is -0.0800. The van der Waals surface area contributed by atoms with E-state index in [0.29, 0.717) is 6.54 Å². The van der Waals surface area contributed by atoms with Gasteiger partial charge in [-0.25, -0.2) is 0 Å². The third-order valence-corrected chi connectivity index (χ3v) is 6.77. The fraction of sp³-hybridized carbons (Fsp3) is 1.00. The van der Waals surface area contributed by atoms with E-state index in [9.17, 15) is 5.11 Å². The summed E-state index contributed by atoms with van der Waals surface area (Å²) in [6.45, 7) is 5.26. The molecular formula is C19H37NO. The second kappa shape index (κ2) is 7.46. The molecule has 2 fully saturated rings. The molecule has 0 bridgehead atoms. The zero-order valence-electron chi connectivity index (χ0n) is 14.4. The molecule has 2 rings (SSSR count). The van der Waals surface area contributed by atoms with E-state index in [4.69, 9.17) is 5.73 Å². The van der Waals surface area contributed by atoms with Crippen LogP contribution in [-0.2, 0) is 0 Å². The van der Waals surface area contributed by atoms with Crippen LogP contribution in [0.5, 0.6) is 0 Å². The Bertz CT molecular complexity index is 319. The lowest BCUT2D eigenvalue weighted by atomic mass is 9.58. The standard InChI is InChI=1S/C19H37NO/c1-3-7-17-9-6-12-19(21,13-10-17)18(15-20)11-5-8-16(4-2)14-18/h16-17,21H,3-15,20H2,1-2H3. The Morgan fingerprint density at radius 1 is 1.00 bits per heavy atom. The molecule has 2 saturated carbocycles. The Morgan fingerprint density at radius 3 is 2.38 bits per heavy atom. The van der Waals surface area contributed by atoms with E-state index in [0.717, 1.165) is 37.5 Å². The van der Waals surface area contributed by atoms with Gasteiger partial charge < -0.3 is 10.8 Å². The average Bonchev–Trinajstić information content (AvgIpc) is 2.71. The minimum Gasteiger partial charge on any atom is -0.389 e. The van der Waals surface area contributed by atoms with E-state index in [-0.39, 0.29) is 5.41 Å². The van der Waals surface area contributed by atoms with Crippen molar-refractivity contribution >= 4 is 0 Å². The van der Waals surface area contributed by atoms with Crippen LogP contribution in [0, 0.1) is 17.3 Å². The summed E-state index contributed by atoms with van der Waals surface area (Å²) in [7, 11) is 0. The predicted octanol–water partition coefficient (Wildman–Crippen LogP) is 4.64. The van der Waals surface area contributed by atoms with Crippen LogP contribution in [-0.4, -0.2) is 17.3 Å². The average molecular weight is 296 g/mol. The number of aliphatic hydroxyl groups is 1. The van der Waals surface area contributed by atoms with Gasteiger partial charge in [0.1, 0.15) is 0 Å². The second-order valence-electron chi connectivity index (χ2n) is 7.97. The van der Waals surface area contributed by atoms with Crippen LogP contribution in [0.15, 0.2) is 0 Å². The SMILES string of the molecule is CCCC1CCCC(O)(C2(CN)CCCC(CC)C2)CC1. The van der Waals surface area contributed by atoms with Crippen molar-refractivity contribution in [1.29, 1.82) is 0 Å². The van der Waals surface area contributed by atoms with Gasteiger partial charge in [0.2, 0.25) is 0 Å². The zero-order valence-corrected chi connectivity index (χ0v) is 14.4. The van der Waals surface area contributed by atoms with Crippen molar-refractivity contribution in [3.8, 4) is 0 Å². The smallest absolute Gasteiger partial charge is 0.0716 e. The maximum Gasteiger partial charge on any atom is 0.0716 e. The number of hydrogen-bond donors (Lipinski definition) is 2. The normalized spacial score (nSPS) is 41.7. The van der Waals surface area contributed by atoms with E-state index in [1.165, 1.54) is 51.4 Å². The summed E-state index contributed by atoms with van der Waals surface area (Å²) in [5.41, 5.74) is 5.77. The maximum atomic E-state index is 11.5. The molecule has 0 aliphatic heterocycles. The fourth-order valence-corrected chi connectivity index (χ4v) is 5.26. The van der Waals surface area contributed by atoms with Gasteiger partial charge in [-0.05, 0) is 43.9 Å². The molecule has 2 nitrogen and oxygen atoms in total. The first-order chi connectivity index (χ1) is 10.1. The summed E-state index contributed by atoms with van der Waals surface area (Å²) in [4.78, 5) is 0. The largest absolute Gasteiger partial charge is 0.389 e. The molecule has 0 aromatic heterocycles. The number of nitrogens with two attached hydrogens (primary N) is 1. The lowest BCUT2D eigenvalue weighted by Gasteiger charge is -2.51. The molecule has 2 aliphatic rings. The van der Waals surface area contributed by atoms with Crippen molar-refractivity contribution in [3.05, 3.63) is 0 Å². The van der Waals surface area contributed by atoms with E-state index in [1.807, 2.05) is 0 Å². The van der Waals surface area contributed by atoms with Gasteiger partial charge in [0.25, 0.3) is 0 Å². The second-order valence-corrected chi connectivity index (χ2v) is 7.97. The molecular weight excluding hydrogens is 258 g/mol. The van der Waals surface area contributed by atoms with Crippen LogP contribution in [0.2, 0.25) is 0 Å². The van der Waals surface area contributed by atoms with Crippen molar-refractivity contribution in [1.82, 2.24) is 0 Å². The quantitative estimate of drug-likeness (QED) is 0.726. The van der Waals surface area contributed by atoms with Gasteiger partial charge >= 0.3 is 0 Å².